The van der Waals surface area contributed by atoms with Crippen LogP contribution >= 0.6 is 11.6 Å². The monoisotopic (exact) mass is 410 g/mol. The molecular formula is C22H27ClN6. The van der Waals surface area contributed by atoms with Crippen molar-refractivity contribution in [3.8, 4) is 5.69 Å². The van der Waals surface area contributed by atoms with Crippen molar-refractivity contribution in [1.82, 2.24) is 25.4 Å². The van der Waals surface area contributed by atoms with E-state index in [0.29, 0.717) is 11.7 Å². The highest BCUT2D eigenvalue weighted by Gasteiger charge is 2.08. The van der Waals surface area contributed by atoms with E-state index in [4.69, 9.17) is 16.6 Å². The number of para-hydroxylation sites is 1. The fourth-order valence-corrected chi connectivity index (χ4v) is 3.22. The van der Waals surface area contributed by atoms with Gasteiger partial charge in [0, 0.05) is 25.0 Å². The molecule has 3 rings (SSSR count). The summed E-state index contributed by atoms with van der Waals surface area (Å²) in [5, 5.41) is 11.8. The number of benzene rings is 1. The number of rotatable bonds is 7. The number of nitrogens with one attached hydrogen (secondary N) is 2. The van der Waals surface area contributed by atoms with Crippen molar-refractivity contribution in [3.63, 3.8) is 0 Å². The summed E-state index contributed by atoms with van der Waals surface area (Å²) >= 11 is 5.84. The lowest BCUT2D eigenvalue weighted by Crippen LogP contribution is -2.38. The van der Waals surface area contributed by atoms with Crippen molar-refractivity contribution >= 4 is 17.6 Å². The van der Waals surface area contributed by atoms with Crippen molar-refractivity contribution in [1.29, 1.82) is 0 Å². The molecule has 2 heterocycles. The summed E-state index contributed by atoms with van der Waals surface area (Å²) in [5.74, 6) is 0.789. The van der Waals surface area contributed by atoms with Crippen LogP contribution in [0.2, 0.25) is 5.15 Å². The van der Waals surface area contributed by atoms with Gasteiger partial charge in [0.15, 0.2) is 5.96 Å². The number of nitrogens with zero attached hydrogens (tertiary/aromatic N) is 4. The highest BCUT2D eigenvalue weighted by molar-refractivity contribution is 6.29. The summed E-state index contributed by atoms with van der Waals surface area (Å²) in [5.41, 5.74) is 5.43. The molecule has 0 aliphatic carbocycles. The normalized spacial score (nSPS) is 11.5. The van der Waals surface area contributed by atoms with Crippen molar-refractivity contribution in [3.05, 3.63) is 76.3 Å². The minimum atomic E-state index is 0.512. The highest BCUT2D eigenvalue weighted by atomic mass is 35.5. The molecule has 0 atom stereocenters. The summed E-state index contributed by atoms with van der Waals surface area (Å²) < 4.78 is 1.98. The minimum absolute atomic E-state index is 0.512. The zero-order chi connectivity index (χ0) is 20.6. The zero-order valence-corrected chi connectivity index (χ0v) is 17.9. The van der Waals surface area contributed by atoms with E-state index < -0.39 is 0 Å². The third kappa shape index (κ3) is 5.81. The van der Waals surface area contributed by atoms with Crippen LogP contribution in [0.4, 0.5) is 0 Å². The Labute approximate surface area is 177 Å². The van der Waals surface area contributed by atoms with E-state index in [1.807, 2.05) is 35.9 Å². The number of guanidine groups is 1. The van der Waals surface area contributed by atoms with Gasteiger partial charge in [0.1, 0.15) is 5.15 Å². The molecule has 3 aromatic rings. The quantitative estimate of drug-likeness (QED) is 0.353. The third-order valence-electron chi connectivity index (χ3n) is 4.48. The SMILES string of the molecule is CCNC(=NCc1ccccc1-n1nc(C)cc1C)NCCc1ccc(Cl)nc1. The van der Waals surface area contributed by atoms with Crippen LogP contribution < -0.4 is 10.6 Å². The van der Waals surface area contributed by atoms with Crippen molar-refractivity contribution in [2.45, 2.75) is 33.7 Å². The molecule has 152 valence electrons. The van der Waals surface area contributed by atoms with Crippen LogP contribution in [0.1, 0.15) is 29.4 Å². The van der Waals surface area contributed by atoms with Gasteiger partial charge in [0.2, 0.25) is 0 Å². The van der Waals surface area contributed by atoms with E-state index in [1.165, 1.54) is 0 Å². The summed E-state index contributed by atoms with van der Waals surface area (Å²) in [6, 6.07) is 14.1. The molecule has 0 aliphatic rings. The topological polar surface area (TPSA) is 67.1 Å². The second-order valence-electron chi connectivity index (χ2n) is 6.83. The lowest BCUT2D eigenvalue weighted by molar-refractivity contribution is 0.790. The smallest absolute Gasteiger partial charge is 0.191 e. The Kier molecular flexibility index (Phi) is 7.25. The van der Waals surface area contributed by atoms with E-state index >= 15 is 0 Å². The predicted octanol–water partition coefficient (Wildman–Crippen LogP) is 3.84. The van der Waals surface area contributed by atoms with Gasteiger partial charge < -0.3 is 10.6 Å². The zero-order valence-electron chi connectivity index (χ0n) is 17.1. The van der Waals surface area contributed by atoms with Crippen LogP contribution in [-0.4, -0.2) is 33.8 Å². The van der Waals surface area contributed by atoms with Gasteiger partial charge in [0.05, 0.1) is 17.9 Å². The molecule has 6 nitrogen and oxygen atoms in total. The Hall–Kier alpha value is -2.86. The first-order chi connectivity index (χ1) is 14.1. The molecule has 0 saturated carbocycles. The predicted molar refractivity (Wildman–Crippen MR) is 119 cm³/mol. The number of halogens is 1. The number of aryl methyl sites for hydroxylation is 2. The molecule has 2 aromatic heterocycles. The average molecular weight is 411 g/mol. The van der Waals surface area contributed by atoms with Gasteiger partial charge in [-0.05, 0) is 56.5 Å². The molecule has 0 aliphatic heterocycles. The Balaban J connectivity index is 1.68. The molecule has 1 aromatic carbocycles. The van der Waals surface area contributed by atoms with E-state index in [9.17, 15) is 0 Å². The van der Waals surface area contributed by atoms with Crippen LogP contribution in [0.3, 0.4) is 0 Å². The molecular weight excluding hydrogens is 384 g/mol. The average Bonchev–Trinajstić information content (AvgIpc) is 3.05. The van der Waals surface area contributed by atoms with Crippen LogP contribution in [0, 0.1) is 13.8 Å². The minimum Gasteiger partial charge on any atom is -0.357 e. The molecule has 0 bridgehead atoms. The maximum atomic E-state index is 5.84. The molecule has 0 amide bonds. The molecule has 7 heteroatoms. The van der Waals surface area contributed by atoms with Gasteiger partial charge in [-0.15, -0.1) is 0 Å². The maximum Gasteiger partial charge on any atom is 0.191 e. The van der Waals surface area contributed by atoms with Crippen LogP contribution in [0.25, 0.3) is 5.69 Å². The van der Waals surface area contributed by atoms with E-state index in [1.54, 1.807) is 6.20 Å². The Morgan fingerprint density at radius 3 is 2.66 bits per heavy atom. The summed E-state index contributed by atoms with van der Waals surface area (Å²) in [6.45, 7) is 8.25. The van der Waals surface area contributed by atoms with Gasteiger partial charge in [-0.1, -0.05) is 35.9 Å². The standard InChI is InChI=1S/C22H27ClN6/c1-4-24-22(25-12-11-18-9-10-21(23)26-14-18)27-15-19-7-5-6-8-20(19)29-17(3)13-16(2)28-29/h5-10,13-14H,4,11-12,15H2,1-3H3,(H2,24,25,27). The summed E-state index contributed by atoms with van der Waals surface area (Å²) in [4.78, 5) is 8.89. The van der Waals surface area contributed by atoms with Gasteiger partial charge in [-0.2, -0.15) is 5.10 Å². The largest absolute Gasteiger partial charge is 0.357 e. The number of hydrogen-bond acceptors (Lipinski definition) is 3. The van der Waals surface area contributed by atoms with Gasteiger partial charge in [-0.3, -0.25) is 0 Å². The first kappa shape index (κ1) is 20.9. The van der Waals surface area contributed by atoms with Crippen LogP contribution in [0.15, 0.2) is 53.7 Å². The second-order valence-corrected chi connectivity index (χ2v) is 7.22. The number of aliphatic imine (C=N–C) groups is 1. The second kappa shape index (κ2) is 10.1. The first-order valence-corrected chi connectivity index (χ1v) is 10.2. The van der Waals surface area contributed by atoms with E-state index in [-0.39, 0.29) is 0 Å². The Morgan fingerprint density at radius 1 is 1.14 bits per heavy atom. The maximum absolute atomic E-state index is 5.84. The lowest BCUT2D eigenvalue weighted by atomic mass is 10.2. The van der Waals surface area contributed by atoms with E-state index in [2.05, 4.69) is 52.8 Å². The molecule has 0 saturated heterocycles. The fourth-order valence-electron chi connectivity index (χ4n) is 3.11. The molecule has 29 heavy (non-hydrogen) atoms. The van der Waals surface area contributed by atoms with E-state index in [0.717, 1.165) is 53.7 Å². The molecule has 0 fully saturated rings. The number of aromatic nitrogens is 3. The van der Waals surface area contributed by atoms with Crippen LogP contribution in [-0.2, 0) is 13.0 Å². The summed E-state index contributed by atoms with van der Waals surface area (Å²) in [6.07, 6.45) is 2.65. The van der Waals surface area contributed by atoms with Gasteiger partial charge in [0.25, 0.3) is 0 Å². The third-order valence-corrected chi connectivity index (χ3v) is 4.70. The van der Waals surface area contributed by atoms with Crippen LogP contribution in [0.5, 0.6) is 0 Å². The van der Waals surface area contributed by atoms with Gasteiger partial charge in [-0.25, -0.2) is 14.7 Å². The lowest BCUT2D eigenvalue weighted by Gasteiger charge is -2.13. The molecule has 0 radical (unpaired) electrons. The van der Waals surface area contributed by atoms with Gasteiger partial charge >= 0.3 is 0 Å². The van der Waals surface area contributed by atoms with Crippen molar-refractivity contribution < 1.29 is 0 Å². The molecule has 0 unspecified atom stereocenters. The Morgan fingerprint density at radius 2 is 1.97 bits per heavy atom. The molecule has 0 spiro atoms. The first-order valence-electron chi connectivity index (χ1n) is 9.81. The number of pyridine rings is 1. The fraction of sp³-hybridized carbons (Fsp3) is 0.318. The van der Waals surface area contributed by atoms with Crippen molar-refractivity contribution in [2.24, 2.45) is 4.99 Å². The molecule has 2 N–H and O–H groups in total. The highest BCUT2D eigenvalue weighted by Crippen LogP contribution is 2.17. The summed E-state index contributed by atoms with van der Waals surface area (Å²) in [7, 11) is 0. The van der Waals surface area contributed by atoms with Crippen molar-refractivity contribution in [2.75, 3.05) is 13.1 Å². The Bertz CT molecular complexity index is 962. The number of hydrogen-bond donors (Lipinski definition) is 2.